The minimum atomic E-state index is -0.180. The van der Waals surface area contributed by atoms with Crippen molar-refractivity contribution in [3.63, 3.8) is 0 Å². The lowest BCUT2D eigenvalue weighted by atomic mass is 9.66. The molecule has 2 nitrogen and oxygen atoms in total. The molecular formula is C14H24O2. The summed E-state index contributed by atoms with van der Waals surface area (Å²) in [6.07, 6.45) is 7.06. The Labute approximate surface area is 98.7 Å². The van der Waals surface area contributed by atoms with Crippen LogP contribution < -0.4 is 0 Å². The van der Waals surface area contributed by atoms with Gasteiger partial charge in [-0.1, -0.05) is 33.1 Å². The van der Waals surface area contributed by atoms with Gasteiger partial charge in [0.25, 0.3) is 0 Å². The lowest BCUT2D eigenvalue weighted by molar-refractivity contribution is -0.148. The Kier molecular flexibility index (Phi) is 3.27. The summed E-state index contributed by atoms with van der Waals surface area (Å²) in [5.74, 6) is 1.29. The second-order valence-corrected chi connectivity index (χ2v) is 5.99. The molecule has 1 aliphatic heterocycles. The maximum absolute atomic E-state index is 12.1. The van der Waals surface area contributed by atoms with Crippen molar-refractivity contribution in [2.75, 3.05) is 0 Å². The van der Waals surface area contributed by atoms with Gasteiger partial charge in [-0.25, -0.2) is 0 Å². The zero-order chi connectivity index (χ0) is 11.8. The highest BCUT2D eigenvalue weighted by atomic mass is 16.6. The van der Waals surface area contributed by atoms with Crippen molar-refractivity contribution in [2.24, 2.45) is 17.3 Å². The highest BCUT2D eigenvalue weighted by Gasteiger charge is 2.54. The van der Waals surface area contributed by atoms with E-state index in [4.69, 9.17) is 4.74 Å². The van der Waals surface area contributed by atoms with Crippen molar-refractivity contribution >= 4 is 5.97 Å². The summed E-state index contributed by atoms with van der Waals surface area (Å²) < 4.78 is 5.61. The van der Waals surface area contributed by atoms with Crippen LogP contribution in [0.4, 0.5) is 0 Å². The maximum Gasteiger partial charge on any atom is 0.312 e. The van der Waals surface area contributed by atoms with Crippen molar-refractivity contribution < 1.29 is 9.53 Å². The first-order valence-electron chi connectivity index (χ1n) is 6.79. The lowest BCUT2D eigenvalue weighted by Gasteiger charge is -2.34. The summed E-state index contributed by atoms with van der Waals surface area (Å²) in [6.45, 7) is 6.58. The highest BCUT2D eigenvalue weighted by Crippen LogP contribution is 2.50. The molecule has 0 N–H and O–H groups in total. The summed E-state index contributed by atoms with van der Waals surface area (Å²) in [5.41, 5.74) is -0.180. The fourth-order valence-electron chi connectivity index (χ4n) is 3.44. The van der Waals surface area contributed by atoms with Crippen molar-refractivity contribution in [1.82, 2.24) is 0 Å². The van der Waals surface area contributed by atoms with Crippen LogP contribution in [0.1, 0.15) is 59.3 Å². The van der Waals surface area contributed by atoms with E-state index in [9.17, 15) is 4.79 Å². The molecule has 0 aromatic rings. The molecular weight excluding hydrogens is 200 g/mol. The molecule has 2 rings (SSSR count). The zero-order valence-corrected chi connectivity index (χ0v) is 10.8. The molecule has 2 fully saturated rings. The lowest BCUT2D eigenvalue weighted by Crippen LogP contribution is -2.35. The number of fused-ring (bicyclic) bond motifs is 1. The molecule has 0 aromatic carbocycles. The molecule has 0 radical (unpaired) electrons. The van der Waals surface area contributed by atoms with Crippen LogP contribution in [0.15, 0.2) is 0 Å². The highest BCUT2D eigenvalue weighted by molar-refractivity contribution is 5.79. The molecule has 0 spiro atoms. The number of hydrogen-bond donors (Lipinski definition) is 0. The van der Waals surface area contributed by atoms with E-state index in [0.717, 1.165) is 31.6 Å². The zero-order valence-electron chi connectivity index (χ0n) is 10.8. The van der Waals surface area contributed by atoms with Gasteiger partial charge < -0.3 is 4.74 Å². The smallest absolute Gasteiger partial charge is 0.312 e. The molecule has 2 heteroatoms. The minimum Gasteiger partial charge on any atom is -0.462 e. The minimum absolute atomic E-state index is 0.0741. The van der Waals surface area contributed by atoms with Gasteiger partial charge in [0.1, 0.15) is 6.10 Å². The van der Waals surface area contributed by atoms with E-state index in [1.54, 1.807) is 0 Å². The largest absolute Gasteiger partial charge is 0.462 e. The molecule has 0 amide bonds. The molecule has 1 saturated carbocycles. The summed E-state index contributed by atoms with van der Waals surface area (Å²) >= 11 is 0. The number of carbonyl (C=O) groups excluding carboxylic acids is 1. The van der Waals surface area contributed by atoms with Gasteiger partial charge in [0.05, 0.1) is 5.41 Å². The number of unbranched alkanes of at least 4 members (excludes halogenated alkanes) is 1. The van der Waals surface area contributed by atoms with Crippen LogP contribution >= 0.6 is 0 Å². The standard InChI is InChI=1S/C14H24O2/c1-4-5-8-14(3)11-7-6-10(2)9-12(11)16-13(14)15/h10-12H,4-9H2,1-3H3/t10-,11-,12-,14?/m1/s1. The van der Waals surface area contributed by atoms with Gasteiger partial charge in [0.2, 0.25) is 0 Å². The van der Waals surface area contributed by atoms with Crippen LogP contribution in [-0.4, -0.2) is 12.1 Å². The fourth-order valence-corrected chi connectivity index (χ4v) is 3.44. The number of esters is 1. The summed E-state index contributed by atoms with van der Waals surface area (Å²) in [5, 5.41) is 0. The molecule has 0 bridgehead atoms. The topological polar surface area (TPSA) is 26.3 Å². The van der Waals surface area contributed by atoms with Crippen molar-refractivity contribution in [2.45, 2.75) is 65.4 Å². The van der Waals surface area contributed by atoms with E-state index in [2.05, 4.69) is 20.8 Å². The Morgan fingerprint density at radius 3 is 2.88 bits per heavy atom. The first-order valence-corrected chi connectivity index (χ1v) is 6.79. The monoisotopic (exact) mass is 224 g/mol. The van der Waals surface area contributed by atoms with E-state index in [1.165, 1.54) is 12.8 Å². The van der Waals surface area contributed by atoms with E-state index >= 15 is 0 Å². The van der Waals surface area contributed by atoms with Crippen molar-refractivity contribution in [3.05, 3.63) is 0 Å². The van der Waals surface area contributed by atoms with Gasteiger partial charge in [-0.2, -0.15) is 0 Å². The number of hydrogen-bond acceptors (Lipinski definition) is 2. The van der Waals surface area contributed by atoms with Gasteiger partial charge in [0, 0.05) is 5.92 Å². The van der Waals surface area contributed by atoms with Crippen LogP contribution in [0.5, 0.6) is 0 Å². The van der Waals surface area contributed by atoms with E-state index in [-0.39, 0.29) is 17.5 Å². The Hall–Kier alpha value is -0.530. The Morgan fingerprint density at radius 2 is 2.19 bits per heavy atom. The third kappa shape index (κ3) is 1.87. The molecule has 4 atom stereocenters. The molecule has 1 saturated heterocycles. The van der Waals surface area contributed by atoms with Crippen molar-refractivity contribution in [3.8, 4) is 0 Å². The van der Waals surface area contributed by atoms with Crippen LogP contribution in [0.2, 0.25) is 0 Å². The van der Waals surface area contributed by atoms with Crippen LogP contribution in [0.25, 0.3) is 0 Å². The molecule has 92 valence electrons. The quantitative estimate of drug-likeness (QED) is 0.685. The summed E-state index contributed by atoms with van der Waals surface area (Å²) in [4.78, 5) is 12.1. The number of ether oxygens (including phenoxy) is 1. The van der Waals surface area contributed by atoms with Gasteiger partial charge in [-0.15, -0.1) is 0 Å². The van der Waals surface area contributed by atoms with Gasteiger partial charge in [-0.05, 0) is 32.1 Å². The van der Waals surface area contributed by atoms with E-state index < -0.39 is 0 Å². The third-order valence-electron chi connectivity index (χ3n) is 4.65. The first kappa shape index (κ1) is 11.9. The average Bonchev–Trinajstić information content (AvgIpc) is 2.48. The molecule has 2 aliphatic rings. The predicted octanol–water partition coefficient (Wildman–Crippen LogP) is 3.54. The SMILES string of the molecule is CCCCC1(C)C(=O)O[C@@H]2C[C@H](C)CC[C@H]21. The fraction of sp³-hybridized carbons (Fsp3) is 0.929. The maximum atomic E-state index is 12.1. The normalized spacial score (nSPS) is 42.9. The van der Waals surface area contributed by atoms with E-state index in [1.807, 2.05) is 0 Å². The molecule has 16 heavy (non-hydrogen) atoms. The summed E-state index contributed by atoms with van der Waals surface area (Å²) in [7, 11) is 0. The molecule has 1 heterocycles. The van der Waals surface area contributed by atoms with Gasteiger partial charge in [0.15, 0.2) is 0 Å². The first-order chi connectivity index (χ1) is 7.58. The molecule has 1 unspecified atom stereocenters. The Bertz CT molecular complexity index is 274. The summed E-state index contributed by atoms with van der Waals surface area (Å²) in [6, 6.07) is 0. The molecule has 1 aliphatic carbocycles. The second kappa shape index (κ2) is 4.38. The second-order valence-electron chi connectivity index (χ2n) is 5.99. The van der Waals surface area contributed by atoms with Crippen molar-refractivity contribution in [1.29, 1.82) is 0 Å². The van der Waals surface area contributed by atoms with Crippen LogP contribution in [0, 0.1) is 17.3 Å². The Balaban J connectivity index is 2.10. The number of carbonyl (C=O) groups is 1. The Morgan fingerprint density at radius 1 is 1.44 bits per heavy atom. The van der Waals surface area contributed by atoms with Crippen LogP contribution in [0.3, 0.4) is 0 Å². The predicted molar refractivity (Wildman–Crippen MR) is 64.0 cm³/mol. The van der Waals surface area contributed by atoms with Gasteiger partial charge in [-0.3, -0.25) is 4.79 Å². The third-order valence-corrected chi connectivity index (χ3v) is 4.65. The van der Waals surface area contributed by atoms with E-state index in [0.29, 0.717) is 5.92 Å². The number of rotatable bonds is 3. The molecule has 0 aromatic heterocycles. The van der Waals surface area contributed by atoms with Gasteiger partial charge >= 0.3 is 5.97 Å². The average molecular weight is 224 g/mol. The van der Waals surface area contributed by atoms with Crippen LogP contribution in [-0.2, 0) is 9.53 Å².